The van der Waals surface area contributed by atoms with Gasteiger partial charge in [-0.25, -0.2) is 0 Å². The molecule has 0 bridgehead atoms. The summed E-state index contributed by atoms with van der Waals surface area (Å²) in [6.07, 6.45) is 2.26. The lowest BCUT2D eigenvalue weighted by atomic mass is 9.87. The molecule has 3 N–H and O–H groups in total. The number of amides is 1. The standard InChI is InChI=1S/C16H20N4O2.CH2O2/c1-19(7-8-21)12-5-3-11(4-6-12)13-9-15(22)18-16-14(13)10-17-20(16)2;2-1-3/h3-6,10,13,21H,7-9H2,1-2H3,(H,18,22);1H,(H,2,3). The molecule has 1 aliphatic heterocycles. The van der Waals surface area contributed by atoms with Crippen LogP contribution in [0.15, 0.2) is 30.5 Å². The molecule has 1 amide bonds. The number of benzene rings is 1. The maximum absolute atomic E-state index is 11.9. The molecular weight excluding hydrogens is 324 g/mol. The van der Waals surface area contributed by atoms with Gasteiger partial charge in [0.25, 0.3) is 6.47 Å². The third kappa shape index (κ3) is 4.16. The van der Waals surface area contributed by atoms with E-state index in [0.717, 1.165) is 22.6 Å². The van der Waals surface area contributed by atoms with Gasteiger partial charge in [0.1, 0.15) is 5.82 Å². The molecule has 1 aromatic heterocycles. The predicted molar refractivity (Wildman–Crippen MR) is 93.8 cm³/mol. The van der Waals surface area contributed by atoms with E-state index in [1.807, 2.05) is 49.5 Å². The third-order valence-electron chi connectivity index (χ3n) is 4.16. The first-order valence-electron chi connectivity index (χ1n) is 7.83. The van der Waals surface area contributed by atoms with Crippen molar-refractivity contribution >= 4 is 23.9 Å². The van der Waals surface area contributed by atoms with Gasteiger partial charge in [0, 0.05) is 44.2 Å². The van der Waals surface area contributed by atoms with Crippen LogP contribution in [0, 0.1) is 0 Å². The summed E-state index contributed by atoms with van der Waals surface area (Å²) >= 11 is 0. The molecule has 134 valence electrons. The minimum absolute atomic E-state index is 0.0163. The first-order valence-corrected chi connectivity index (χ1v) is 7.83. The quantitative estimate of drug-likeness (QED) is 0.714. The molecule has 3 rings (SSSR count). The van der Waals surface area contributed by atoms with Crippen LogP contribution in [0.4, 0.5) is 11.5 Å². The monoisotopic (exact) mass is 346 g/mol. The average molecular weight is 346 g/mol. The van der Waals surface area contributed by atoms with Crippen molar-refractivity contribution in [3.8, 4) is 0 Å². The highest BCUT2D eigenvalue weighted by atomic mass is 16.3. The molecule has 0 spiro atoms. The van der Waals surface area contributed by atoms with Crippen LogP contribution in [0.25, 0.3) is 0 Å². The van der Waals surface area contributed by atoms with Crippen molar-refractivity contribution in [2.45, 2.75) is 12.3 Å². The van der Waals surface area contributed by atoms with E-state index in [9.17, 15) is 4.79 Å². The fourth-order valence-corrected chi connectivity index (χ4v) is 2.88. The van der Waals surface area contributed by atoms with E-state index in [0.29, 0.717) is 13.0 Å². The van der Waals surface area contributed by atoms with Gasteiger partial charge in [-0.2, -0.15) is 5.10 Å². The maximum Gasteiger partial charge on any atom is 0.290 e. The van der Waals surface area contributed by atoms with Gasteiger partial charge >= 0.3 is 0 Å². The minimum atomic E-state index is -0.250. The fourth-order valence-electron chi connectivity index (χ4n) is 2.88. The van der Waals surface area contributed by atoms with E-state index >= 15 is 0 Å². The molecule has 8 heteroatoms. The Labute approximate surface area is 145 Å². The van der Waals surface area contributed by atoms with Crippen LogP contribution >= 0.6 is 0 Å². The van der Waals surface area contributed by atoms with Gasteiger partial charge in [-0.3, -0.25) is 14.3 Å². The van der Waals surface area contributed by atoms with Crippen molar-refractivity contribution < 1.29 is 19.8 Å². The number of likely N-dealkylation sites (N-methyl/N-ethyl adjacent to an activating group) is 1. The molecule has 0 saturated heterocycles. The van der Waals surface area contributed by atoms with Gasteiger partial charge in [-0.15, -0.1) is 0 Å². The summed E-state index contributed by atoms with van der Waals surface area (Å²) in [5.41, 5.74) is 3.20. The summed E-state index contributed by atoms with van der Waals surface area (Å²) in [5, 5.41) is 23.0. The lowest BCUT2D eigenvalue weighted by Crippen LogP contribution is -2.24. The van der Waals surface area contributed by atoms with Crippen molar-refractivity contribution in [1.29, 1.82) is 0 Å². The van der Waals surface area contributed by atoms with Crippen molar-refractivity contribution in [2.75, 3.05) is 30.4 Å². The summed E-state index contributed by atoms with van der Waals surface area (Å²) in [5.74, 6) is 0.833. The topological polar surface area (TPSA) is 108 Å². The summed E-state index contributed by atoms with van der Waals surface area (Å²) < 4.78 is 1.70. The number of carbonyl (C=O) groups excluding carboxylic acids is 1. The normalized spacial score (nSPS) is 15.5. The summed E-state index contributed by atoms with van der Waals surface area (Å²) in [7, 11) is 3.77. The Morgan fingerprint density at radius 1 is 1.40 bits per heavy atom. The number of fused-ring (bicyclic) bond motifs is 1. The molecule has 1 aromatic carbocycles. The second kappa shape index (κ2) is 8.29. The number of carboxylic acid groups (broad SMARTS) is 1. The molecule has 0 aliphatic carbocycles. The number of anilines is 2. The zero-order chi connectivity index (χ0) is 18.4. The molecule has 0 radical (unpaired) electrons. The number of aliphatic hydroxyl groups excluding tert-OH is 1. The van der Waals surface area contributed by atoms with Crippen molar-refractivity contribution in [3.05, 3.63) is 41.6 Å². The van der Waals surface area contributed by atoms with Gasteiger partial charge in [-0.05, 0) is 17.7 Å². The van der Waals surface area contributed by atoms with E-state index in [2.05, 4.69) is 10.4 Å². The van der Waals surface area contributed by atoms with Crippen LogP contribution in [0.1, 0.15) is 23.5 Å². The largest absolute Gasteiger partial charge is 0.483 e. The Balaban J connectivity index is 0.000000701. The van der Waals surface area contributed by atoms with Crippen LogP contribution in [0.3, 0.4) is 0 Å². The number of nitrogens with one attached hydrogen (secondary N) is 1. The zero-order valence-electron chi connectivity index (χ0n) is 14.2. The molecular formula is C17H22N4O4. The predicted octanol–water partition coefficient (Wildman–Crippen LogP) is 1.02. The molecule has 1 aliphatic rings. The van der Waals surface area contributed by atoms with Crippen molar-refractivity contribution in [1.82, 2.24) is 9.78 Å². The number of hydrogen-bond acceptors (Lipinski definition) is 5. The molecule has 0 saturated carbocycles. The molecule has 1 unspecified atom stereocenters. The number of aromatic nitrogens is 2. The number of nitrogens with zero attached hydrogens (tertiary/aromatic N) is 3. The highest BCUT2D eigenvalue weighted by Crippen LogP contribution is 2.37. The van der Waals surface area contributed by atoms with Crippen LogP contribution in [-0.4, -0.2) is 52.6 Å². The molecule has 0 fully saturated rings. The van der Waals surface area contributed by atoms with E-state index in [1.54, 1.807) is 4.68 Å². The van der Waals surface area contributed by atoms with Crippen molar-refractivity contribution in [2.24, 2.45) is 7.05 Å². The first-order chi connectivity index (χ1) is 12.0. The number of rotatable bonds is 4. The molecule has 8 nitrogen and oxygen atoms in total. The lowest BCUT2D eigenvalue weighted by Gasteiger charge is -2.24. The fraction of sp³-hybridized carbons (Fsp3) is 0.353. The lowest BCUT2D eigenvalue weighted by molar-refractivity contribution is -0.123. The summed E-state index contributed by atoms with van der Waals surface area (Å²) in [6.45, 7) is 0.470. The average Bonchev–Trinajstić information content (AvgIpc) is 2.96. The van der Waals surface area contributed by atoms with Gasteiger partial charge in [0.15, 0.2) is 0 Å². The smallest absolute Gasteiger partial charge is 0.290 e. The first kappa shape index (κ1) is 18.5. The van der Waals surface area contributed by atoms with Crippen LogP contribution < -0.4 is 10.2 Å². The Morgan fingerprint density at radius 2 is 2.04 bits per heavy atom. The molecule has 2 heterocycles. The van der Waals surface area contributed by atoms with Crippen LogP contribution in [0.5, 0.6) is 0 Å². The Kier molecular flexibility index (Phi) is 6.13. The third-order valence-corrected chi connectivity index (χ3v) is 4.16. The minimum Gasteiger partial charge on any atom is -0.483 e. The maximum atomic E-state index is 11.9. The van der Waals surface area contributed by atoms with Gasteiger partial charge < -0.3 is 20.4 Å². The molecule has 2 aromatic rings. The highest BCUT2D eigenvalue weighted by molar-refractivity contribution is 5.94. The number of hydrogen-bond donors (Lipinski definition) is 3. The van der Waals surface area contributed by atoms with Gasteiger partial charge in [0.05, 0.1) is 12.8 Å². The number of aliphatic hydroxyl groups is 1. The summed E-state index contributed by atoms with van der Waals surface area (Å²) in [4.78, 5) is 22.3. The second-order valence-corrected chi connectivity index (χ2v) is 5.72. The van der Waals surface area contributed by atoms with E-state index in [-0.39, 0.29) is 24.9 Å². The Hall–Kier alpha value is -2.87. The Bertz CT molecular complexity index is 727. The zero-order valence-corrected chi connectivity index (χ0v) is 14.2. The van der Waals surface area contributed by atoms with E-state index < -0.39 is 0 Å². The van der Waals surface area contributed by atoms with Gasteiger partial charge in [0.2, 0.25) is 5.91 Å². The molecule has 25 heavy (non-hydrogen) atoms. The highest BCUT2D eigenvalue weighted by Gasteiger charge is 2.29. The van der Waals surface area contributed by atoms with Gasteiger partial charge in [-0.1, -0.05) is 12.1 Å². The van der Waals surface area contributed by atoms with Crippen LogP contribution in [-0.2, 0) is 16.6 Å². The van der Waals surface area contributed by atoms with E-state index in [4.69, 9.17) is 15.0 Å². The van der Waals surface area contributed by atoms with E-state index in [1.165, 1.54) is 0 Å². The number of carbonyl (C=O) groups is 2. The number of aryl methyl sites for hydroxylation is 1. The SMILES string of the molecule is CN(CCO)c1ccc(C2CC(=O)Nc3c2cnn3C)cc1.O=CO. The second-order valence-electron chi connectivity index (χ2n) is 5.72. The van der Waals surface area contributed by atoms with Crippen LogP contribution in [0.2, 0.25) is 0 Å². The molecule has 1 atom stereocenters. The summed E-state index contributed by atoms with van der Waals surface area (Å²) in [6, 6.07) is 8.13. The Morgan fingerprint density at radius 3 is 2.64 bits per heavy atom. The van der Waals surface area contributed by atoms with Crippen molar-refractivity contribution in [3.63, 3.8) is 0 Å².